The molecule has 2 rings (SSSR count). The van der Waals surface area contributed by atoms with E-state index in [2.05, 4.69) is 35.8 Å². The Kier molecular flexibility index (Phi) is 4.14. The summed E-state index contributed by atoms with van der Waals surface area (Å²) in [6, 6.07) is 2.52. The molecule has 0 aliphatic rings. The first-order chi connectivity index (χ1) is 8.61. The Balaban J connectivity index is 2.16. The van der Waals surface area contributed by atoms with Crippen molar-refractivity contribution in [2.75, 3.05) is 12.8 Å². The second-order valence-electron chi connectivity index (χ2n) is 4.72. The summed E-state index contributed by atoms with van der Waals surface area (Å²) in [4.78, 5) is 12.2. The molecule has 18 heavy (non-hydrogen) atoms. The average Bonchev–Trinajstić information content (AvgIpc) is 2.77. The predicted octanol–water partition coefficient (Wildman–Crippen LogP) is 2.89. The molecule has 0 amide bonds. The Hall–Kier alpha value is -1.20. The summed E-state index contributed by atoms with van der Waals surface area (Å²) in [7, 11) is 2.11. The van der Waals surface area contributed by atoms with Gasteiger partial charge in [-0.05, 0) is 31.8 Å². The summed E-state index contributed by atoms with van der Waals surface area (Å²) in [5, 5.41) is 2.97. The van der Waals surface area contributed by atoms with Crippen LogP contribution in [0.5, 0.6) is 0 Å². The van der Waals surface area contributed by atoms with Gasteiger partial charge in [-0.25, -0.2) is 9.97 Å². The molecule has 2 heterocycles. The Morgan fingerprint density at radius 3 is 2.94 bits per heavy atom. The highest BCUT2D eigenvalue weighted by Crippen LogP contribution is 2.23. The third-order valence-corrected chi connectivity index (χ3v) is 4.06. The molecule has 1 unspecified atom stereocenters. The minimum atomic E-state index is 0.541. The number of nitrogen functional groups attached to an aromatic ring is 1. The van der Waals surface area contributed by atoms with Crippen LogP contribution >= 0.6 is 11.3 Å². The number of fused-ring (bicyclic) bond motifs is 1. The van der Waals surface area contributed by atoms with Crippen LogP contribution in [0.25, 0.3) is 10.2 Å². The summed E-state index contributed by atoms with van der Waals surface area (Å²) >= 11 is 1.61. The van der Waals surface area contributed by atoms with Gasteiger partial charge >= 0.3 is 0 Å². The zero-order valence-corrected chi connectivity index (χ0v) is 12.0. The lowest BCUT2D eigenvalue weighted by Crippen LogP contribution is -2.29. The maximum Gasteiger partial charge on any atom is 0.146 e. The molecule has 0 radical (unpaired) electrons. The van der Waals surface area contributed by atoms with Gasteiger partial charge in [-0.15, -0.1) is 11.3 Å². The van der Waals surface area contributed by atoms with Crippen molar-refractivity contribution in [3.63, 3.8) is 0 Å². The number of nitrogens with two attached hydrogens (primary N) is 1. The molecule has 0 fully saturated rings. The van der Waals surface area contributed by atoms with Crippen LogP contribution in [0, 0.1) is 0 Å². The fraction of sp³-hybridized carbons (Fsp3) is 0.538. The third kappa shape index (κ3) is 2.79. The first-order valence-electron chi connectivity index (χ1n) is 6.31. The van der Waals surface area contributed by atoms with Gasteiger partial charge in [0.1, 0.15) is 16.5 Å². The SMILES string of the molecule is CCCC(C)N(C)Cc1nc(N)c2ccsc2n1. The van der Waals surface area contributed by atoms with Crippen LogP contribution < -0.4 is 5.73 Å². The molecular formula is C13H20N4S. The van der Waals surface area contributed by atoms with E-state index >= 15 is 0 Å². The van der Waals surface area contributed by atoms with E-state index in [9.17, 15) is 0 Å². The van der Waals surface area contributed by atoms with Crippen molar-refractivity contribution < 1.29 is 0 Å². The fourth-order valence-corrected chi connectivity index (χ4v) is 2.80. The second kappa shape index (κ2) is 5.63. The molecule has 0 saturated heterocycles. The summed E-state index contributed by atoms with van der Waals surface area (Å²) in [6.45, 7) is 5.19. The number of rotatable bonds is 5. The first kappa shape index (κ1) is 13.2. The number of hydrogen-bond acceptors (Lipinski definition) is 5. The topological polar surface area (TPSA) is 55.0 Å². The standard InChI is InChI=1S/C13H20N4S/c1-4-5-9(2)17(3)8-11-15-12(14)10-6-7-18-13(10)16-11/h6-7,9H,4-5,8H2,1-3H3,(H2,14,15,16). The van der Waals surface area contributed by atoms with Crippen molar-refractivity contribution in [2.24, 2.45) is 0 Å². The summed E-state index contributed by atoms with van der Waals surface area (Å²) in [5.74, 6) is 1.40. The lowest BCUT2D eigenvalue weighted by Gasteiger charge is -2.23. The highest BCUT2D eigenvalue weighted by Gasteiger charge is 2.12. The lowest BCUT2D eigenvalue weighted by molar-refractivity contribution is 0.232. The van der Waals surface area contributed by atoms with Gasteiger partial charge in [0, 0.05) is 6.04 Å². The predicted molar refractivity (Wildman–Crippen MR) is 77.7 cm³/mol. The summed E-state index contributed by atoms with van der Waals surface area (Å²) < 4.78 is 0. The van der Waals surface area contributed by atoms with Crippen molar-refractivity contribution in [2.45, 2.75) is 39.3 Å². The van der Waals surface area contributed by atoms with E-state index in [4.69, 9.17) is 5.73 Å². The first-order valence-corrected chi connectivity index (χ1v) is 7.19. The van der Waals surface area contributed by atoms with E-state index in [1.165, 1.54) is 12.8 Å². The maximum atomic E-state index is 5.95. The van der Waals surface area contributed by atoms with Gasteiger partial charge in [-0.1, -0.05) is 13.3 Å². The summed E-state index contributed by atoms with van der Waals surface area (Å²) in [6.07, 6.45) is 2.38. The Morgan fingerprint density at radius 1 is 1.44 bits per heavy atom. The van der Waals surface area contributed by atoms with Gasteiger partial charge in [0.05, 0.1) is 11.9 Å². The van der Waals surface area contributed by atoms with Gasteiger partial charge in [-0.3, -0.25) is 4.90 Å². The zero-order chi connectivity index (χ0) is 13.1. The molecule has 0 saturated carbocycles. The van der Waals surface area contributed by atoms with Crippen LogP contribution in [0.1, 0.15) is 32.5 Å². The molecule has 98 valence electrons. The largest absolute Gasteiger partial charge is 0.383 e. The van der Waals surface area contributed by atoms with Crippen molar-refractivity contribution in [1.82, 2.24) is 14.9 Å². The Bertz CT molecular complexity index is 523. The minimum Gasteiger partial charge on any atom is -0.383 e. The smallest absolute Gasteiger partial charge is 0.146 e. The van der Waals surface area contributed by atoms with Crippen LogP contribution in [0.4, 0.5) is 5.82 Å². The molecule has 0 aliphatic carbocycles. The quantitative estimate of drug-likeness (QED) is 0.902. The molecule has 5 heteroatoms. The van der Waals surface area contributed by atoms with Gasteiger partial charge in [0.2, 0.25) is 0 Å². The normalized spacial score (nSPS) is 13.3. The Morgan fingerprint density at radius 2 is 2.22 bits per heavy atom. The van der Waals surface area contributed by atoms with Gasteiger partial charge in [0.15, 0.2) is 0 Å². The molecule has 0 aliphatic heterocycles. The van der Waals surface area contributed by atoms with Crippen molar-refractivity contribution in [3.05, 3.63) is 17.3 Å². The second-order valence-corrected chi connectivity index (χ2v) is 5.61. The van der Waals surface area contributed by atoms with E-state index < -0.39 is 0 Å². The minimum absolute atomic E-state index is 0.541. The molecule has 0 spiro atoms. The average molecular weight is 264 g/mol. The Labute approximate surface area is 112 Å². The van der Waals surface area contributed by atoms with Crippen LogP contribution in [0.2, 0.25) is 0 Å². The molecular weight excluding hydrogens is 244 g/mol. The van der Waals surface area contributed by atoms with Crippen LogP contribution in [0.3, 0.4) is 0 Å². The van der Waals surface area contributed by atoms with E-state index in [1.54, 1.807) is 11.3 Å². The maximum absolute atomic E-state index is 5.95. The molecule has 1 atom stereocenters. The van der Waals surface area contributed by atoms with Crippen LogP contribution in [0.15, 0.2) is 11.4 Å². The highest BCUT2D eigenvalue weighted by atomic mass is 32.1. The van der Waals surface area contributed by atoms with Crippen molar-refractivity contribution in [3.8, 4) is 0 Å². The molecule has 0 bridgehead atoms. The molecule has 2 N–H and O–H groups in total. The van der Waals surface area contributed by atoms with Crippen molar-refractivity contribution >= 4 is 27.4 Å². The number of nitrogens with zero attached hydrogens (tertiary/aromatic N) is 3. The van der Waals surface area contributed by atoms with E-state index in [0.29, 0.717) is 11.9 Å². The van der Waals surface area contributed by atoms with Crippen LogP contribution in [-0.2, 0) is 6.54 Å². The number of thiophene rings is 1. The number of anilines is 1. The number of hydrogen-bond donors (Lipinski definition) is 1. The monoisotopic (exact) mass is 264 g/mol. The van der Waals surface area contributed by atoms with E-state index in [1.807, 2.05) is 11.4 Å². The van der Waals surface area contributed by atoms with E-state index in [0.717, 1.165) is 22.6 Å². The third-order valence-electron chi connectivity index (χ3n) is 3.25. The summed E-state index contributed by atoms with van der Waals surface area (Å²) in [5.41, 5.74) is 5.95. The van der Waals surface area contributed by atoms with Crippen molar-refractivity contribution in [1.29, 1.82) is 0 Å². The van der Waals surface area contributed by atoms with Gasteiger partial charge < -0.3 is 5.73 Å². The number of aromatic nitrogens is 2. The van der Waals surface area contributed by atoms with Crippen LogP contribution in [-0.4, -0.2) is 28.0 Å². The highest BCUT2D eigenvalue weighted by molar-refractivity contribution is 7.16. The molecule has 0 aromatic carbocycles. The zero-order valence-electron chi connectivity index (χ0n) is 11.2. The van der Waals surface area contributed by atoms with Gasteiger partial charge in [-0.2, -0.15) is 0 Å². The fourth-order valence-electron chi connectivity index (χ4n) is 2.01. The van der Waals surface area contributed by atoms with E-state index in [-0.39, 0.29) is 0 Å². The lowest BCUT2D eigenvalue weighted by atomic mass is 10.2. The molecule has 4 nitrogen and oxygen atoms in total. The molecule has 2 aromatic heterocycles. The van der Waals surface area contributed by atoms with Gasteiger partial charge in [0.25, 0.3) is 0 Å². The molecule has 2 aromatic rings.